The van der Waals surface area contributed by atoms with Gasteiger partial charge in [0.05, 0.1) is 11.1 Å². The number of hydrogen-bond donors (Lipinski definition) is 1. The molecule has 0 saturated heterocycles. The van der Waals surface area contributed by atoms with Crippen LogP contribution in [0.1, 0.15) is 35.2 Å². The molecule has 1 N–H and O–H groups in total. The molecule has 0 aliphatic heterocycles. The molecular formula is C14H17BrF3NOS. The zero-order chi connectivity index (χ0) is 15.9. The molecule has 0 fully saturated rings. The zero-order valence-corrected chi connectivity index (χ0v) is 14.0. The number of hydrogen-bond acceptors (Lipinski definition) is 2. The standard InChI is InChI=1S/C14H17BrF3NOS/c1-21-8-4-2-3-7-19-13(20)11-9-10(14(16,17)18)5-6-12(11)15/h5-6,9H,2-4,7-8H2,1H3,(H,19,20). The van der Waals surface area contributed by atoms with Gasteiger partial charge in [0.1, 0.15) is 0 Å². The Morgan fingerprint density at radius 1 is 1.29 bits per heavy atom. The number of nitrogens with one attached hydrogen (secondary N) is 1. The summed E-state index contributed by atoms with van der Waals surface area (Å²) in [6.45, 7) is 0.468. The second kappa shape index (κ2) is 8.68. The number of unbranched alkanes of at least 4 members (excludes halogenated alkanes) is 2. The van der Waals surface area contributed by atoms with Crippen LogP contribution in [0.25, 0.3) is 0 Å². The predicted octanol–water partition coefficient (Wildman–Crippen LogP) is 4.73. The second-order valence-electron chi connectivity index (χ2n) is 4.50. The van der Waals surface area contributed by atoms with Crippen molar-refractivity contribution >= 4 is 33.6 Å². The average molecular weight is 384 g/mol. The van der Waals surface area contributed by atoms with E-state index in [-0.39, 0.29) is 5.56 Å². The van der Waals surface area contributed by atoms with Crippen LogP contribution in [0.15, 0.2) is 22.7 Å². The van der Waals surface area contributed by atoms with Gasteiger partial charge in [-0.3, -0.25) is 4.79 Å². The van der Waals surface area contributed by atoms with Gasteiger partial charge in [-0.1, -0.05) is 6.42 Å². The summed E-state index contributed by atoms with van der Waals surface area (Å²) in [5, 5.41) is 2.65. The average Bonchev–Trinajstić information content (AvgIpc) is 2.41. The summed E-state index contributed by atoms with van der Waals surface area (Å²) in [6.07, 6.45) is 0.471. The third-order valence-electron chi connectivity index (χ3n) is 2.85. The lowest BCUT2D eigenvalue weighted by Gasteiger charge is -2.11. The van der Waals surface area contributed by atoms with Crippen LogP contribution < -0.4 is 5.32 Å². The molecule has 1 aromatic carbocycles. The van der Waals surface area contributed by atoms with Crippen molar-refractivity contribution in [1.82, 2.24) is 5.32 Å². The van der Waals surface area contributed by atoms with E-state index in [1.54, 1.807) is 11.8 Å². The molecule has 0 atom stereocenters. The SMILES string of the molecule is CSCCCCCNC(=O)c1cc(C(F)(F)F)ccc1Br. The molecule has 1 amide bonds. The van der Waals surface area contributed by atoms with Crippen molar-refractivity contribution in [2.45, 2.75) is 25.4 Å². The highest BCUT2D eigenvalue weighted by Gasteiger charge is 2.31. The molecule has 7 heteroatoms. The quantitative estimate of drug-likeness (QED) is 0.689. The number of alkyl halides is 3. The monoisotopic (exact) mass is 383 g/mol. The number of carbonyl (C=O) groups excluding carboxylic acids is 1. The van der Waals surface area contributed by atoms with Crippen molar-refractivity contribution in [3.63, 3.8) is 0 Å². The van der Waals surface area contributed by atoms with Crippen molar-refractivity contribution in [2.24, 2.45) is 0 Å². The van der Waals surface area contributed by atoms with Gasteiger partial charge in [0, 0.05) is 11.0 Å². The first-order valence-corrected chi connectivity index (χ1v) is 8.69. The second-order valence-corrected chi connectivity index (χ2v) is 6.34. The Bertz CT molecular complexity index is 480. The van der Waals surface area contributed by atoms with Gasteiger partial charge in [-0.25, -0.2) is 0 Å². The number of rotatable bonds is 7. The zero-order valence-electron chi connectivity index (χ0n) is 11.6. The lowest BCUT2D eigenvalue weighted by molar-refractivity contribution is -0.137. The van der Waals surface area contributed by atoms with E-state index in [1.807, 2.05) is 6.26 Å². The molecule has 2 nitrogen and oxygen atoms in total. The van der Waals surface area contributed by atoms with Crippen LogP contribution in [-0.2, 0) is 6.18 Å². The summed E-state index contributed by atoms with van der Waals surface area (Å²) in [5.74, 6) is 0.588. The Balaban J connectivity index is 2.57. The third-order valence-corrected chi connectivity index (χ3v) is 4.24. The fourth-order valence-electron chi connectivity index (χ4n) is 1.72. The van der Waals surface area contributed by atoms with Gasteiger partial charge < -0.3 is 5.32 Å². The van der Waals surface area contributed by atoms with E-state index in [4.69, 9.17) is 0 Å². The van der Waals surface area contributed by atoms with E-state index in [2.05, 4.69) is 21.2 Å². The van der Waals surface area contributed by atoms with Gasteiger partial charge in [-0.2, -0.15) is 24.9 Å². The van der Waals surface area contributed by atoms with Gasteiger partial charge in [0.2, 0.25) is 0 Å². The highest BCUT2D eigenvalue weighted by molar-refractivity contribution is 9.10. The van der Waals surface area contributed by atoms with E-state index in [1.165, 1.54) is 6.07 Å². The van der Waals surface area contributed by atoms with Crippen molar-refractivity contribution in [2.75, 3.05) is 18.6 Å². The largest absolute Gasteiger partial charge is 0.416 e. The van der Waals surface area contributed by atoms with Crippen LogP contribution in [0.2, 0.25) is 0 Å². The van der Waals surface area contributed by atoms with Crippen molar-refractivity contribution in [3.05, 3.63) is 33.8 Å². The van der Waals surface area contributed by atoms with Gasteiger partial charge in [0.25, 0.3) is 5.91 Å². The molecular weight excluding hydrogens is 367 g/mol. The lowest BCUT2D eigenvalue weighted by Crippen LogP contribution is -2.25. The summed E-state index contributed by atoms with van der Waals surface area (Å²) in [7, 11) is 0. The highest BCUT2D eigenvalue weighted by Crippen LogP contribution is 2.31. The Morgan fingerprint density at radius 2 is 2.00 bits per heavy atom. The van der Waals surface area contributed by atoms with Crippen LogP contribution in [-0.4, -0.2) is 24.5 Å². The maximum Gasteiger partial charge on any atom is 0.416 e. The molecule has 0 aliphatic carbocycles. The van der Waals surface area contributed by atoms with Crippen molar-refractivity contribution < 1.29 is 18.0 Å². The van der Waals surface area contributed by atoms with Crippen molar-refractivity contribution in [1.29, 1.82) is 0 Å². The number of amides is 1. The molecule has 21 heavy (non-hydrogen) atoms. The Kier molecular flexibility index (Phi) is 7.59. The molecule has 0 bridgehead atoms. The van der Waals surface area contributed by atoms with Crippen LogP contribution in [0.5, 0.6) is 0 Å². The van der Waals surface area contributed by atoms with Crippen LogP contribution in [0, 0.1) is 0 Å². The van der Waals surface area contributed by atoms with Crippen molar-refractivity contribution in [3.8, 4) is 0 Å². The summed E-state index contributed by atoms with van der Waals surface area (Å²) in [5.41, 5.74) is -0.815. The first kappa shape index (κ1) is 18.4. The van der Waals surface area contributed by atoms with E-state index in [0.717, 1.165) is 37.1 Å². The van der Waals surface area contributed by atoms with E-state index >= 15 is 0 Å². The maximum atomic E-state index is 12.6. The topological polar surface area (TPSA) is 29.1 Å². The molecule has 0 radical (unpaired) electrons. The first-order chi connectivity index (χ1) is 9.86. The van der Waals surface area contributed by atoms with E-state index < -0.39 is 17.6 Å². The molecule has 1 aromatic rings. The number of carbonyl (C=O) groups is 1. The summed E-state index contributed by atoms with van der Waals surface area (Å²) in [6, 6.07) is 3.06. The Morgan fingerprint density at radius 3 is 2.62 bits per heavy atom. The van der Waals surface area contributed by atoms with Crippen LogP contribution in [0.4, 0.5) is 13.2 Å². The van der Waals surface area contributed by atoms with Crippen LogP contribution in [0.3, 0.4) is 0 Å². The fraction of sp³-hybridized carbons (Fsp3) is 0.500. The number of halogens is 4. The Hall–Kier alpha value is -0.690. The maximum absolute atomic E-state index is 12.6. The molecule has 0 unspecified atom stereocenters. The van der Waals surface area contributed by atoms with Gasteiger partial charge in [0.15, 0.2) is 0 Å². The summed E-state index contributed by atoms with van der Waals surface area (Å²) in [4.78, 5) is 11.9. The number of benzene rings is 1. The number of thioether (sulfide) groups is 1. The summed E-state index contributed by atoms with van der Waals surface area (Å²) < 4.78 is 38.3. The molecule has 118 valence electrons. The highest BCUT2D eigenvalue weighted by atomic mass is 79.9. The molecule has 1 rings (SSSR count). The van der Waals surface area contributed by atoms with Gasteiger partial charge in [-0.05, 0) is 59.0 Å². The first-order valence-electron chi connectivity index (χ1n) is 6.50. The third kappa shape index (κ3) is 6.30. The molecule has 0 aliphatic rings. The van der Waals surface area contributed by atoms with E-state index in [0.29, 0.717) is 11.0 Å². The van der Waals surface area contributed by atoms with Crippen LogP contribution >= 0.6 is 27.7 Å². The molecule has 0 aromatic heterocycles. The minimum absolute atomic E-state index is 0.00828. The Labute approximate surface area is 135 Å². The molecule has 0 heterocycles. The van der Waals surface area contributed by atoms with Gasteiger partial charge >= 0.3 is 6.18 Å². The van der Waals surface area contributed by atoms with E-state index in [9.17, 15) is 18.0 Å². The minimum Gasteiger partial charge on any atom is -0.352 e. The van der Waals surface area contributed by atoms with Gasteiger partial charge in [-0.15, -0.1) is 0 Å². The smallest absolute Gasteiger partial charge is 0.352 e. The summed E-state index contributed by atoms with van der Waals surface area (Å²) >= 11 is 4.88. The normalized spacial score (nSPS) is 11.5. The lowest BCUT2D eigenvalue weighted by atomic mass is 10.1. The minimum atomic E-state index is -4.45. The molecule has 0 spiro atoms. The predicted molar refractivity (Wildman–Crippen MR) is 83.7 cm³/mol. The molecule has 0 saturated carbocycles. The fourth-order valence-corrected chi connectivity index (χ4v) is 2.64.